The standard InChI is InChI=1S/C11H16BrNO2/c1-11(7-13,15-3)9-6-8(12)4-5-10(9)14-2/h4-6H,7,13H2,1-3H3. The van der Waals surface area contributed by atoms with Crippen molar-refractivity contribution < 1.29 is 9.47 Å². The lowest BCUT2D eigenvalue weighted by atomic mass is 9.95. The molecule has 1 unspecified atom stereocenters. The van der Waals surface area contributed by atoms with Crippen LogP contribution in [0.4, 0.5) is 0 Å². The van der Waals surface area contributed by atoms with E-state index in [0.29, 0.717) is 6.54 Å². The number of benzene rings is 1. The van der Waals surface area contributed by atoms with Gasteiger partial charge in [0.05, 0.1) is 7.11 Å². The smallest absolute Gasteiger partial charge is 0.125 e. The maximum atomic E-state index is 5.73. The van der Waals surface area contributed by atoms with Gasteiger partial charge in [-0.2, -0.15) is 0 Å². The van der Waals surface area contributed by atoms with Gasteiger partial charge in [-0.15, -0.1) is 0 Å². The Morgan fingerprint density at radius 1 is 1.40 bits per heavy atom. The molecule has 0 spiro atoms. The third-order valence-electron chi connectivity index (χ3n) is 2.57. The minimum atomic E-state index is -0.519. The van der Waals surface area contributed by atoms with Crippen LogP contribution in [-0.2, 0) is 10.3 Å². The minimum absolute atomic E-state index is 0.399. The molecule has 2 N–H and O–H groups in total. The molecule has 0 aliphatic rings. The van der Waals surface area contributed by atoms with E-state index in [1.165, 1.54) is 0 Å². The molecule has 84 valence electrons. The summed E-state index contributed by atoms with van der Waals surface area (Å²) in [4.78, 5) is 0. The zero-order chi connectivity index (χ0) is 11.5. The van der Waals surface area contributed by atoms with Crippen molar-refractivity contribution in [1.29, 1.82) is 0 Å². The van der Waals surface area contributed by atoms with Gasteiger partial charge in [0.15, 0.2) is 0 Å². The van der Waals surface area contributed by atoms with Gasteiger partial charge in [0.25, 0.3) is 0 Å². The molecule has 3 nitrogen and oxygen atoms in total. The molecule has 0 amide bonds. The molecule has 0 aromatic heterocycles. The van der Waals surface area contributed by atoms with Crippen molar-refractivity contribution in [2.45, 2.75) is 12.5 Å². The maximum absolute atomic E-state index is 5.73. The average molecular weight is 274 g/mol. The van der Waals surface area contributed by atoms with E-state index in [0.717, 1.165) is 15.8 Å². The molecule has 0 fully saturated rings. The quantitative estimate of drug-likeness (QED) is 0.916. The van der Waals surface area contributed by atoms with Crippen LogP contribution in [0.5, 0.6) is 5.75 Å². The highest BCUT2D eigenvalue weighted by Crippen LogP contribution is 2.33. The summed E-state index contributed by atoms with van der Waals surface area (Å²) in [5.41, 5.74) is 6.16. The predicted octanol–water partition coefficient (Wildman–Crippen LogP) is 2.28. The lowest BCUT2D eigenvalue weighted by Gasteiger charge is -2.28. The van der Waals surface area contributed by atoms with E-state index >= 15 is 0 Å². The monoisotopic (exact) mass is 273 g/mol. The first-order chi connectivity index (χ1) is 7.07. The van der Waals surface area contributed by atoms with Crippen molar-refractivity contribution in [3.05, 3.63) is 28.2 Å². The highest BCUT2D eigenvalue weighted by Gasteiger charge is 2.28. The van der Waals surface area contributed by atoms with Crippen LogP contribution in [-0.4, -0.2) is 20.8 Å². The summed E-state index contributed by atoms with van der Waals surface area (Å²) in [6.07, 6.45) is 0. The van der Waals surface area contributed by atoms with Crippen LogP contribution >= 0.6 is 15.9 Å². The van der Waals surface area contributed by atoms with Gasteiger partial charge in [0, 0.05) is 23.7 Å². The Morgan fingerprint density at radius 2 is 2.07 bits per heavy atom. The first-order valence-corrected chi connectivity index (χ1v) is 5.46. The molecule has 15 heavy (non-hydrogen) atoms. The summed E-state index contributed by atoms with van der Waals surface area (Å²) >= 11 is 3.42. The largest absolute Gasteiger partial charge is 0.496 e. The Hall–Kier alpha value is -0.580. The zero-order valence-corrected chi connectivity index (χ0v) is 10.8. The third kappa shape index (κ3) is 2.51. The summed E-state index contributed by atoms with van der Waals surface area (Å²) < 4.78 is 11.7. The Morgan fingerprint density at radius 3 is 2.53 bits per heavy atom. The van der Waals surface area contributed by atoms with Gasteiger partial charge in [0.2, 0.25) is 0 Å². The zero-order valence-electron chi connectivity index (χ0n) is 9.21. The predicted molar refractivity (Wildman–Crippen MR) is 64.1 cm³/mol. The van der Waals surface area contributed by atoms with E-state index in [1.54, 1.807) is 14.2 Å². The Labute approximate surface area is 98.7 Å². The van der Waals surface area contributed by atoms with Gasteiger partial charge in [-0.05, 0) is 25.1 Å². The van der Waals surface area contributed by atoms with E-state index in [2.05, 4.69) is 15.9 Å². The number of hydrogen-bond donors (Lipinski definition) is 1. The normalized spacial score (nSPS) is 14.7. The fraction of sp³-hybridized carbons (Fsp3) is 0.455. The van der Waals surface area contributed by atoms with Crippen LogP contribution in [0.3, 0.4) is 0 Å². The van der Waals surface area contributed by atoms with Crippen molar-refractivity contribution in [2.24, 2.45) is 5.73 Å². The second kappa shape index (κ2) is 4.96. The molecule has 1 aromatic rings. The van der Waals surface area contributed by atoms with Crippen LogP contribution in [0.2, 0.25) is 0 Å². The molecule has 0 heterocycles. The molecular formula is C11H16BrNO2. The minimum Gasteiger partial charge on any atom is -0.496 e. The number of rotatable bonds is 4. The topological polar surface area (TPSA) is 44.5 Å². The third-order valence-corrected chi connectivity index (χ3v) is 3.06. The molecule has 0 bridgehead atoms. The maximum Gasteiger partial charge on any atom is 0.125 e. The lowest BCUT2D eigenvalue weighted by Crippen LogP contribution is -2.34. The van der Waals surface area contributed by atoms with Gasteiger partial charge in [-0.1, -0.05) is 15.9 Å². The number of methoxy groups -OCH3 is 2. The number of ether oxygens (including phenoxy) is 2. The highest BCUT2D eigenvalue weighted by atomic mass is 79.9. The molecule has 0 radical (unpaired) electrons. The number of hydrogen-bond acceptors (Lipinski definition) is 3. The van der Waals surface area contributed by atoms with Gasteiger partial charge >= 0.3 is 0 Å². The summed E-state index contributed by atoms with van der Waals surface area (Å²) in [5, 5.41) is 0. The van der Waals surface area contributed by atoms with Gasteiger partial charge in [-0.25, -0.2) is 0 Å². The van der Waals surface area contributed by atoms with Crippen LogP contribution < -0.4 is 10.5 Å². The van der Waals surface area contributed by atoms with E-state index in [1.807, 2.05) is 25.1 Å². The summed E-state index contributed by atoms with van der Waals surface area (Å²) in [6, 6.07) is 5.79. The van der Waals surface area contributed by atoms with Crippen LogP contribution in [0.25, 0.3) is 0 Å². The number of nitrogens with two attached hydrogens (primary N) is 1. The molecular weight excluding hydrogens is 258 g/mol. The van der Waals surface area contributed by atoms with Crippen molar-refractivity contribution in [3.8, 4) is 5.75 Å². The summed E-state index contributed by atoms with van der Waals surface area (Å²) in [5.74, 6) is 0.785. The van der Waals surface area contributed by atoms with Crippen molar-refractivity contribution in [1.82, 2.24) is 0 Å². The molecule has 0 saturated carbocycles. The second-order valence-electron chi connectivity index (χ2n) is 3.48. The van der Waals surface area contributed by atoms with Crippen molar-refractivity contribution in [2.75, 3.05) is 20.8 Å². The highest BCUT2D eigenvalue weighted by molar-refractivity contribution is 9.10. The lowest BCUT2D eigenvalue weighted by molar-refractivity contribution is 0.00817. The summed E-state index contributed by atoms with van der Waals surface area (Å²) in [7, 11) is 3.28. The summed E-state index contributed by atoms with van der Waals surface area (Å²) in [6.45, 7) is 2.34. The average Bonchev–Trinajstić information content (AvgIpc) is 2.28. The van der Waals surface area contributed by atoms with E-state index in [4.69, 9.17) is 15.2 Å². The molecule has 0 aliphatic heterocycles. The SMILES string of the molecule is COc1ccc(Br)cc1C(C)(CN)OC. The number of halogens is 1. The van der Waals surface area contributed by atoms with Crippen LogP contribution in [0.15, 0.2) is 22.7 Å². The van der Waals surface area contributed by atoms with E-state index < -0.39 is 5.60 Å². The van der Waals surface area contributed by atoms with Gasteiger partial charge in [0.1, 0.15) is 11.4 Å². The van der Waals surface area contributed by atoms with Crippen LogP contribution in [0.1, 0.15) is 12.5 Å². The Balaban J connectivity index is 3.26. The molecule has 1 aromatic carbocycles. The molecule has 4 heteroatoms. The van der Waals surface area contributed by atoms with Crippen molar-refractivity contribution in [3.63, 3.8) is 0 Å². The van der Waals surface area contributed by atoms with Crippen LogP contribution in [0, 0.1) is 0 Å². The first-order valence-electron chi connectivity index (χ1n) is 4.66. The second-order valence-corrected chi connectivity index (χ2v) is 4.40. The van der Waals surface area contributed by atoms with Gasteiger partial charge in [-0.3, -0.25) is 0 Å². The Kier molecular flexibility index (Phi) is 4.13. The molecule has 1 atom stereocenters. The fourth-order valence-corrected chi connectivity index (χ4v) is 1.76. The first kappa shape index (κ1) is 12.5. The molecule has 0 saturated heterocycles. The van der Waals surface area contributed by atoms with Crippen molar-refractivity contribution >= 4 is 15.9 Å². The fourth-order valence-electron chi connectivity index (χ4n) is 1.40. The van der Waals surface area contributed by atoms with E-state index in [9.17, 15) is 0 Å². The Bertz CT molecular complexity index is 337. The van der Waals surface area contributed by atoms with E-state index in [-0.39, 0.29) is 0 Å². The molecule has 1 rings (SSSR count). The molecule has 0 aliphatic carbocycles. The van der Waals surface area contributed by atoms with Gasteiger partial charge < -0.3 is 15.2 Å².